The summed E-state index contributed by atoms with van der Waals surface area (Å²) in [6, 6.07) is 0. The maximum atomic E-state index is 11.9. The van der Waals surface area contributed by atoms with E-state index in [0.29, 0.717) is 32.1 Å². The SMILES string of the molecule is CC[C@H](C)c1nc(N2CCN(S(C)(=O)=O)CC2)c2c3c(sc2n1)C[C@H](C)CC3. The molecule has 28 heavy (non-hydrogen) atoms. The van der Waals surface area contributed by atoms with Gasteiger partial charge >= 0.3 is 0 Å². The highest BCUT2D eigenvalue weighted by Gasteiger charge is 2.29. The Hall–Kier alpha value is -1.25. The Labute approximate surface area is 172 Å². The molecule has 2 atom stereocenters. The quantitative estimate of drug-likeness (QED) is 0.755. The van der Waals surface area contributed by atoms with Crippen molar-refractivity contribution in [2.75, 3.05) is 37.3 Å². The number of aryl methyl sites for hydroxylation is 1. The zero-order valence-electron chi connectivity index (χ0n) is 17.2. The molecule has 154 valence electrons. The van der Waals surface area contributed by atoms with Gasteiger partial charge in [0, 0.05) is 37.0 Å². The van der Waals surface area contributed by atoms with Crippen LogP contribution in [0.5, 0.6) is 0 Å². The second-order valence-corrected chi connectivity index (χ2v) is 11.5. The van der Waals surface area contributed by atoms with E-state index < -0.39 is 10.0 Å². The van der Waals surface area contributed by atoms with Gasteiger partial charge in [0.2, 0.25) is 10.0 Å². The number of hydrogen-bond donors (Lipinski definition) is 0. The molecule has 6 nitrogen and oxygen atoms in total. The Kier molecular flexibility index (Phi) is 5.39. The van der Waals surface area contributed by atoms with E-state index in [1.807, 2.05) is 11.3 Å². The molecule has 0 amide bonds. The average molecular weight is 423 g/mol. The molecule has 0 radical (unpaired) electrons. The van der Waals surface area contributed by atoms with E-state index in [9.17, 15) is 8.42 Å². The van der Waals surface area contributed by atoms with E-state index in [-0.39, 0.29) is 0 Å². The largest absolute Gasteiger partial charge is 0.353 e. The molecule has 0 bridgehead atoms. The Balaban J connectivity index is 1.77. The molecule has 1 fully saturated rings. The molecule has 2 aliphatic rings. The van der Waals surface area contributed by atoms with Crippen molar-refractivity contribution >= 4 is 37.4 Å². The maximum Gasteiger partial charge on any atom is 0.211 e. The highest BCUT2D eigenvalue weighted by atomic mass is 32.2. The average Bonchev–Trinajstić information content (AvgIpc) is 3.03. The summed E-state index contributed by atoms with van der Waals surface area (Å²) in [5.41, 5.74) is 1.44. The van der Waals surface area contributed by atoms with Gasteiger partial charge in [-0.25, -0.2) is 18.4 Å². The third-order valence-electron chi connectivity index (χ3n) is 6.21. The second-order valence-electron chi connectivity index (χ2n) is 8.40. The van der Waals surface area contributed by atoms with Gasteiger partial charge in [0.1, 0.15) is 16.5 Å². The van der Waals surface area contributed by atoms with Gasteiger partial charge in [-0.1, -0.05) is 20.8 Å². The molecule has 0 spiro atoms. The molecule has 0 saturated carbocycles. The van der Waals surface area contributed by atoms with E-state index in [0.717, 1.165) is 41.7 Å². The Morgan fingerprint density at radius 2 is 1.93 bits per heavy atom. The lowest BCUT2D eigenvalue weighted by Gasteiger charge is -2.34. The molecule has 1 aliphatic carbocycles. The molecule has 0 N–H and O–H groups in total. The first-order valence-corrected chi connectivity index (χ1v) is 13.0. The molecule has 2 aromatic heterocycles. The number of sulfonamides is 1. The van der Waals surface area contributed by atoms with E-state index in [1.54, 1.807) is 4.31 Å². The van der Waals surface area contributed by atoms with E-state index in [1.165, 1.54) is 28.5 Å². The third kappa shape index (κ3) is 3.66. The third-order valence-corrected chi connectivity index (χ3v) is 8.66. The van der Waals surface area contributed by atoms with Crippen LogP contribution in [0.25, 0.3) is 10.2 Å². The van der Waals surface area contributed by atoms with Crippen molar-refractivity contribution in [3.8, 4) is 0 Å². The number of aromatic nitrogens is 2. The Morgan fingerprint density at radius 1 is 1.21 bits per heavy atom. The predicted molar refractivity (Wildman–Crippen MR) is 116 cm³/mol. The van der Waals surface area contributed by atoms with Crippen molar-refractivity contribution in [1.29, 1.82) is 0 Å². The minimum Gasteiger partial charge on any atom is -0.353 e. The normalized spacial score (nSPS) is 22.4. The van der Waals surface area contributed by atoms with E-state index >= 15 is 0 Å². The standard InChI is InChI=1S/C20H30N4O2S2/c1-5-14(3)18-21-19(23-8-10-24(11-9-23)28(4,25)26)17-15-7-6-13(2)12-16(15)27-20(17)22-18/h13-14H,5-12H2,1-4H3/t13-,14+/m1/s1. The van der Waals surface area contributed by atoms with Gasteiger partial charge in [-0.05, 0) is 37.2 Å². The van der Waals surface area contributed by atoms with Gasteiger partial charge < -0.3 is 4.90 Å². The lowest BCUT2D eigenvalue weighted by Crippen LogP contribution is -2.48. The van der Waals surface area contributed by atoms with Crippen LogP contribution in [-0.2, 0) is 22.9 Å². The zero-order valence-corrected chi connectivity index (χ0v) is 18.9. The molecule has 3 heterocycles. The first kappa shape index (κ1) is 20.0. The minimum absolute atomic E-state index is 0.318. The van der Waals surface area contributed by atoms with Crippen LogP contribution >= 0.6 is 11.3 Å². The Morgan fingerprint density at radius 3 is 2.57 bits per heavy atom. The molecular weight excluding hydrogens is 392 g/mol. The minimum atomic E-state index is -3.13. The summed E-state index contributed by atoms with van der Waals surface area (Å²) in [4.78, 5) is 14.9. The van der Waals surface area contributed by atoms with Crippen LogP contribution in [0.15, 0.2) is 0 Å². The van der Waals surface area contributed by atoms with E-state index in [4.69, 9.17) is 9.97 Å². The fraction of sp³-hybridized carbons (Fsp3) is 0.700. The molecule has 0 unspecified atom stereocenters. The summed E-state index contributed by atoms with van der Waals surface area (Å²) in [5, 5.41) is 1.23. The fourth-order valence-electron chi connectivity index (χ4n) is 4.20. The lowest BCUT2D eigenvalue weighted by atomic mass is 9.89. The molecule has 0 aromatic carbocycles. The van der Waals surface area contributed by atoms with Crippen molar-refractivity contribution in [3.05, 3.63) is 16.3 Å². The van der Waals surface area contributed by atoms with Crippen molar-refractivity contribution in [2.24, 2.45) is 5.92 Å². The summed E-state index contributed by atoms with van der Waals surface area (Å²) < 4.78 is 25.3. The number of rotatable bonds is 4. The summed E-state index contributed by atoms with van der Waals surface area (Å²) >= 11 is 1.84. The van der Waals surface area contributed by atoms with Crippen molar-refractivity contribution in [2.45, 2.75) is 52.4 Å². The van der Waals surface area contributed by atoms with Gasteiger partial charge in [-0.2, -0.15) is 4.31 Å². The number of anilines is 1. The van der Waals surface area contributed by atoms with Gasteiger partial charge in [-0.3, -0.25) is 0 Å². The van der Waals surface area contributed by atoms with E-state index in [2.05, 4.69) is 25.7 Å². The first-order chi connectivity index (χ1) is 13.3. The number of hydrogen-bond acceptors (Lipinski definition) is 6. The van der Waals surface area contributed by atoms with Crippen molar-refractivity contribution in [3.63, 3.8) is 0 Å². The molecule has 1 aliphatic heterocycles. The zero-order chi connectivity index (χ0) is 20.1. The van der Waals surface area contributed by atoms with Gasteiger partial charge in [0.25, 0.3) is 0 Å². The van der Waals surface area contributed by atoms with Crippen molar-refractivity contribution < 1.29 is 8.42 Å². The van der Waals surface area contributed by atoms with Crippen LogP contribution in [-0.4, -0.2) is 55.1 Å². The summed E-state index contributed by atoms with van der Waals surface area (Å²) in [6.07, 6.45) is 5.75. The number of piperazine rings is 1. The number of fused-ring (bicyclic) bond motifs is 3. The maximum absolute atomic E-state index is 11.9. The van der Waals surface area contributed by atoms with Crippen LogP contribution in [0.2, 0.25) is 0 Å². The lowest BCUT2D eigenvalue weighted by molar-refractivity contribution is 0.387. The van der Waals surface area contributed by atoms with Gasteiger partial charge in [0.05, 0.1) is 11.6 Å². The van der Waals surface area contributed by atoms with Crippen LogP contribution in [0.1, 0.15) is 55.8 Å². The predicted octanol–water partition coefficient (Wildman–Crippen LogP) is 3.41. The molecular formula is C20H30N4O2S2. The van der Waals surface area contributed by atoms with Crippen LogP contribution < -0.4 is 4.90 Å². The summed E-state index contributed by atoms with van der Waals surface area (Å²) in [5.74, 6) is 2.99. The number of thiophene rings is 1. The van der Waals surface area contributed by atoms with Gasteiger partial charge in [0.15, 0.2) is 0 Å². The smallest absolute Gasteiger partial charge is 0.211 e. The van der Waals surface area contributed by atoms with Crippen LogP contribution in [0.4, 0.5) is 5.82 Å². The number of nitrogens with zero attached hydrogens (tertiary/aromatic N) is 4. The van der Waals surface area contributed by atoms with Crippen LogP contribution in [0.3, 0.4) is 0 Å². The first-order valence-electron chi connectivity index (χ1n) is 10.3. The Bertz CT molecular complexity index is 978. The molecule has 2 aromatic rings. The highest BCUT2D eigenvalue weighted by molar-refractivity contribution is 7.88. The van der Waals surface area contributed by atoms with Gasteiger partial charge in [-0.15, -0.1) is 11.3 Å². The molecule has 1 saturated heterocycles. The molecule has 8 heteroatoms. The summed E-state index contributed by atoms with van der Waals surface area (Å²) in [6.45, 7) is 9.08. The highest BCUT2D eigenvalue weighted by Crippen LogP contribution is 2.41. The monoisotopic (exact) mass is 422 g/mol. The second kappa shape index (κ2) is 7.54. The fourth-order valence-corrected chi connectivity index (χ4v) is 6.41. The van der Waals surface area contributed by atoms with Crippen LogP contribution in [0, 0.1) is 5.92 Å². The van der Waals surface area contributed by atoms with Crippen molar-refractivity contribution in [1.82, 2.24) is 14.3 Å². The molecule has 4 rings (SSSR count). The summed E-state index contributed by atoms with van der Waals surface area (Å²) in [7, 11) is -3.13. The topological polar surface area (TPSA) is 66.4 Å².